The maximum absolute atomic E-state index is 11.7. The van der Waals surface area contributed by atoms with E-state index in [1.54, 1.807) is 14.0 Å². The van der Waals surface area contributed by atoms with Crippen LogP contribution in [0.4, 0.5) is 4.79 Å². The molecule has 0 fully saturated rings. The summed E-state index contributed by atoms with van der Waals surface area (Å²) >= 11 is 2.78. The Morgan fingerprint density at radius 3 is 2.11 bits per heavy atom. The molecule has 5 nitrogen and oxygen atoms in total. The Balaban J connectivity index is 4.38. The summed E-state index contributed by atoms with van der Waals surface area (Å²) in [6.45, 7) is 10.1. The first kappa shape index (κ1) is 17.6. The fraction of sp³-hybridized carbons (Fsp3) is 0.818. The Morgan fingerprint density at radius 2 is 1.72 bits per heavy atom. The zero-order chi connectivity index (χ0) is 14.3. The van der Waals surface area contributed by atoms with Crippen molar-refractivity contribution in [2.75, 3.05) is 13.3 Å². The van der Waals surface area contributed by atoms with Crippen molar-refractivity contribution in [3.05, 3.63) is 0 Å². The maximum Gasteiger partial charge on any atom is 0.446 e. The molecule has 7 heteroatoms. The average molecular weight is 293 g/mol. The van der Waals surface area contributed by atoms with Crippen molar-refractivity contribution < 1.29 is 9.63 Å². The molecule has 0 saturated carbocycles. The number of thioether (sulfide) groups is 1. The fourth-order valence-corrected chi connectivity index (χ4v) is 2.03. The van der Waals surface area contributed by atoms with Gasteiger partial charge in [0.2, 0.25) is 0 Å². The zero-order valence-corrected chi connectivity index (χ0v) is 13.8. The second-order valence-corrected chi connectivity index (χ2v) is 6.43. The number of hydrogen-bond donors (Lipinski definition) is 0. The minimum Gasteiger partial charge on any atom is -0.296 e. The fourth-order valence-electron chi connectivity index (χ4n) is 1.16. The summed E-state index contributed by atoms with van der Waals surface area (Å²) in [5.41, 5.74) is 0. The van der Waals surface area contributed by atoms with Crippen molar-refractivity contribution in [1.82, 2.24) is 8.61 Å². The van der Waals surface area contributed by atoms with E-state index in [0.717, 1.165) is 0 Å². The number of amides is 1. The van der Waals surface area contributed by atoms with Crippen LogP contribution in [-0.4, -0.2) is 45.1 Å². The van der Waals surface area contributed by atoms with E-state index in [9.17, 15) is 4.79 Å². The lowest BCUT2D eigenvalue weighted by Crippen LogP contribution is -2.35. The first-order valence-corrected chi connectivity index (χ1v) is 7.74. The van der Waals surface area contributed by atoms with Crippen LogP contribution in [0.15, 0.2) is 5.16 Å². The van der Waals surface area contributed by atoms with Gasteiger partial charge in [0.1, 0.15) is 5.04 Å². The Labute approximate surface area is 119 Å². The topological polar surface area (TPSA) is 45.1 Å². The Kier molecular flexibility index (Phi) is 8.47. The molecular weight excluding hydrogens is 270 g/mol. The molecule has 0 bridgehead atoms. The molecule has 1 amide bonds. The van der Waals surface area contributed by atoms with Gasteiger partial charge >= 0.3 is 6.09 Å². The van der Waals surface area contributed by atoms with E-state index in [1.165, 1.54) is 28.2 Å². The van der Waals surface area contributed by atoms with E-state index < -0.39 is 6.09 Å². The van der Waals surface area contributed by atoms with Gasteiger partial charge < -0.3 is 0 Å². The summed E-state index contributed by atoms with van der Waals surface area (Å²) in [5.74, 6) is 0. The van der Waals surface area contributed by atoms with Crippen molar-refractivity contribution in [2.24, 2.45) is 5.16 Å². The number of oxime groups is 1. The van der Waals surface area contributed by atoms with Crippen LogP contribution in [-0.2, 0) is 4.84 Å². The Bertz CT molecular complexity index is 288. The summed E-state index contributed by atoms with van der Waals surface area (Å²) in [6.07, 6.45) is 1.41. The van der Waals surface area contributed by atoms with Crippen molar-refractivity contribution in [3.8, 4) is 0 Å². The van der Waals surface area contributed by atoms with Crippen LogP contribution < -0.4 is 0 Å². The third-order valence-corrected chi connectivity index (χ3v) is 4.13. The van der Waals surface area contributed by atoms with E-state index in [2.05, 4.69) is 37.2 Å². The van der Waals surface area contributed by atoms with E-state index in [1.807, 2.05) is 6.26 Å². The van der Waals surface area contributed by atoms with Gasteiger partial charge in [0.15, 0.2) is 0 Å². The van der Waals surface area contributed by atoms with E-state index in [0.29, 0.717) is 17.1 Å². The Hall–Kier alpha value is -0.400. The largest absolute Gasteiger partial charge is 0.446 e. The predicted molar refractivity (Wildman–Crippen MR) is 80.6 cm³/mol. The second-order valence-electron chi connectivity index (χ2n) is 4.30. The molecule has 0 N–H and O–H groups in total. The van der Waals surface area contributed by atoms with Gasteiger partial charge in [-0.05, 0) is 40.9 Å². The highest BCUT2D eigenvalue weighted by molar-refractivity contribution is 8.13. The van der Waals surface area contributed by atoms with Gasteiger partial charge in [-0.3, -0.25) is 4.84 Å². The SMILES string of the molecule is CSC(C)=NOC(=O)N(C)SN(C(C)C)C(C)C. The standard InChI is InChI=1S/C11H23N3O2S2/c1-8(2)14(9(3)4)18-13(6)11(15)16-12-10(5)17-7/h8-9H,1-7H3. The lowest BCUT2D eigenvalue weighted by molar-refractivity contribution is 0.135. The number of carbonyl (C=O) groups excluding carboxylic acids is 1. The molecule has 0 spiro atoms. The number of carbonyl (C=O) groups is 1. The van der Waals surface area contributed by atoms with Crippen LogP contribution in [0.3, 0.4) is 0 Å². The van der Waals surface area contributed by atoms with Crippen molar-refractivity contribution in [2.45, 2.75) is 46.7 Å². The first-order chi connectivity index (χ1) is 8.29. The van der Waals surface area contributed by atoms with Gasteiger partial charge in [-0.15, -0.1) is 11.8 Å². The summed E-state index contributed by atoms with van der Waals surface area (Å²) in [7, 11) is 1.68. The molecule has 0 aromatic heterocycles. The highest BCUT2D eigenvalue weighted by Crippen LogP contribution is 2.21. The van der Waals surface area contributed by atoms with Gasteiger partial charge in [0.25, 0.3) is 0 Å². The molecule has 0 aliphatic rings. The van der Waals surface area contributed by atoms with Crippen LogP contribution in [0.2, 0.25) is 0 Å². The van der Waals surface area contributed by atoms with E-state index >= 15 is 0 Å². The molecular formula is C11H23N3O2S2. The third-order valence-electron chi connectivity index (χ3n) is 2.04. The van der Waals surface area contributed by atoms with Crippen LogP contribution in [0.5, 0.6) is 0 Å². The molecule has 0 heterocycles. The van der Waals surface area contributed by atoms with Gasteiger partial charge in [-0.2, -0.15) is 0 Å². The van der Waals surface area contributed by atoms with Crippen LogP contribution in [0.1, 0.15) is 34.6 Å². The normalized spacial score (nSPS) is 12.4. The molecule has 0 aromatic rings. The van der Waals surface area contributed by atoms with Crippen LogP contribution in [0.25, 0.3) is 0 Å². The van der Waals surface area contributed by atoms with Crippen LogP contribution >= 0.6 is 23.9 Å². The highest BCUT2D eigenvalue weighted by Gasteiger charge is 2.20. The van der Waals surface area contributed by atoms with Gasteiger partial charge in [-0.25, -0.2) is 13.4 Å². The molecule has 18 heavy (non-hydrogen) atoms. The lowest BCUT2D eigenvalue weighted by Gasteiger charge is -2.31. The van der Waals surface area contributed by atoms with E-state index in [-0.39, 0.29) is 0 Å². The average Bonchev–Trinajstić information content (AvgIpc) is 2.30. The quantitative estimate of drug-likeness (QED) is 0.255. The molecule has 0 aliphatic carbocycles. The van der Waals surface area contributed by atoms with Crippen molar-refractivity contribution in [3.63, 3.8) is 0 Å². The molecule has 0 atom stereocenters. The Morgan fingerprint density at radius 1 is 1.22 bits per heavy atom. The minimum atomic E-state index is -0.472. The van der Waals surface area contributed by atoms with Crippen molar-refractivity contribution >= 4 is 35.0 Å². The molecule has 0 rings (SSSR count). The second kappa shape index (κ2) is 8.66. The van der Waals surface area contributed by atoms with Gasteiger partial charge in [0, 0.05) is 31.3 Å². The van der Waals surface area contributed by atoms with E-state index in [4.69, 9.17) is 4.84 Å². The summed E-state index contributed by atoms with van der Waals surface area (Å²) < 4.78 is 3.56. The van der Waals surface area contributed by atoms with Gasteiger partial charge in [0.05, 0.1) is 0 Å². The number of nitrogens with zero attached hydrogens (tertiary/aromatic N) is 3. The maximum atomic E-state index is 11.7. The summed E-state index contributed by atoms with van der Waals surface area (Å²) in [6, 6.07) is 0.670. The third kappa shape index (κ3) is 6.51. The molecule has 0 aromatic carbocycles. The summed E-state index contributed by atoms with van der Waals surface area (Å²) in [4.78, 5) is 16.5. The number of hydrogen-bond acceptors (Lipinski definition) is 6. The summed E-state index contributed by atoms with van der Waals surface area (Å²) in [5, 5.41) is 4.43. The molecule has 0 radical (unpaired) electrons. The lowest BCUT2D eigenvalue weighted by atomic mass is 10.3. The minimum absolute atomic E-state index is 0.335. The first-order valence-electron chi connectivity index (χ1n) is 5.79. The van der Waals surface area contributed by atoms with Gasteiger partial charge in [-0.1, -0.05) is 5.16 Å². The smallest absolute Gasteiger partial charge is 0.296 e. The predicted octanol–water partition coefficient (Wildman–Crippen LogP) is 3.43. The molecule has 106 valence electrons. The van der Waals surface area contributed by atoms with Crippen LogP contribution in [0, 0.1) is 0 Å². The zero-order valence-electron chi connectivity index (χ0n) is 12.1. The highest BCUT2D eigenvalue weighted by atomic mass is 32.2. The number of rotatable bonds is 5. The molecule has 0 saturated heterocycles. The monoisotopic (exact) mass is 293 g/mol. The molecule has 0 aliphatic heterocycles. The van der Waals surface area contributed by atoms with Crippen molar-refractivity contribution in [1.29, 1.82) is 0 Å². The molecule has 0 unspecified atom stereocenters.